The first-order valence-corrected chi connectivity index (χ1v) is 11.2. The summed E-state index contributed by atoms with van der Waals surface area (Å²) in [5.41, 5.74) is 2.64. The van der Waals surface area contributed by atoms with Gasteiger partial charge in [0.25, 0.3) is 0 Å². The van der Waals surface area contributed by atoms with E-state index in [9.17, 15) is 18.0 Å². The van der Waals surface area contributed by atoms with Gasteiger partial charge in [-0.3, -0.25) is 9.55 Å². The third-order valence-corrected chi connectivity index (χ3v) is 5.86. The molecule has 0 saturated heterocycles. The van der Waals surface area contributed by atoms with Crippen molar-refractivity contribution in [3.8, 4) is 22.8 Å². The number of halogens is 3. The lowest BCUT2D eigenvalue weighted by Crippen LogP contribution is -2.17. The topological polar surface area (TPSA) is 94.3 Å². The van der Waals surface area contributed by atoms with E-state index in [0.29, 0.717) is 22.6 Å². The summed E-state index contributed by atoms with van der Waals surface area (Å²) < 4.78 is 41.9. The number of nitrogens with one attached hydrogen (secondary N) is 1. The van der Waals surface area contributed by atoms with Crippen LogP contribution < -0.4 is 5.69 Å². The Morgan fingerprint density at radius 2 is 1.81 bits per heavy atom. The van der Waals surface area contributed by atoms with Crippen molar-refractivity contribution < 1.29 is 13.2 Å². The first kappa shape index (κ1) is 23.5. The van der Waals surface area contributed by atoms with Gasteiger partial charge in [0.1, 0.15) is 11.3 Å². The third-order valence-electron chi connectivity index (χ3n) is 5.86. The van der Waals surface area contributed by atoms with E-state index in [0.717, 1.165) is 23.0 Å². The van der Waals surface area contributed by atoms with Gasteiger partial charge >= 0.3 is 11.9 Å². The van der Waals surface area contributed by atoms with Crippen LogP contribution in [0.25, 0.3) is 33.9 Å². The number of H-pyrrole nitrogens is 1. The SMILES string of the molecule is CC(C)c1ncccc1-c1ncc2[nH]c(=O)n(Cc3ccc(-c4nc(C(F)(F)F)cn4C)cc3)c2n1. The fourth-order valence-corrected chi connectivity index (χ4v) is 4.10. The van der Waals surface area contributed by atoms with Crippen LogP contribution >= 0.6 is 0 Å². The minimum Gasteiger partial charge on any atom is -0.333 e. The first-order valence-electron chi connectivity index (χ1n) is 11.2. The van der Waals surface area contributed by atoms with E-state index in [-0.39, 0.29) is 24.0 Å². The summed E-state index contributed by atoms with van der Waals surface area (Å²) >= 11 is 0. The summed E-state index contributed by atoms with van der Waals surface area (Å²) in [6, 6.07) is 10.6. The Hall–Kier alpha value is -4.28. The van der Waals surface area contributed by atoms with Gasteiger partial charge in [0.05, 0.1) is 18.4 Å². The maximum atomic E-state index is 13.0. The summed E-state index contributed by atoms with van der Waals surface area (Å²) in [5, 5.41) is 0. The number of imidazole rings is 2. The van der Waals surface area contributed by atoms with Crippen LogP contribution in [0, 0.1) is 0 Å². The molecule has 0 spiro atoms. The smallest absolute Gasteiger partial charge is 0.333 e. The first-order chi connectivity index (χ1) is 17.1. The van der Waals surface area contributed by atoms with Crippen molar-refractivity contribution >= 4 is 11.2 Å². The van der Waals surface area contributed by atoms with Crippen molar-refractivity contribution in [2.45, 2.75) is 32.5 Å². The number of aromatic nitrogens is 7. The number of fused-ring (bicyclic) bond motifs is 1. The van der Waals surface area contributed by atoms with Crippen LogP contribution in [0.5, 0.6) is 0 Å². The lowest BCUT2D eigenvalue weighted by Gasteiger charge is -2.10. The highest BCUT2D eigenvalue weighted by Gasteiger charge is 2.34. The molecule has 4 heterocycles. The summed E-state index contributed by atoms with van der Waals surface area (Å²) in [4.78, 5) is 32.8. The van der Waals surface area contributed by atoms with Crippen LogP contribution in [0.15, 0.2) is 59.8 Å². The molecule has 36 heavy (non-hydrogen) atoms. The summed E-state index contributed by atoms with van der Waals surface area (Å²) in [6.45, 7) is 4.29. The molecule has 0 unspecified atom stereocenters. The van der Waals surface area contributed by atoms with E-state index in [2.05, 4.69) is 24.9 Å². The number of aromatic amines is 1. The number of benzene rings is 1. The number of rotatable bonds is 5. The van der Waals surface area contributed by atoms with Gasteiger partial charge in [-0.05, 0) is 23.6 Å². The van der Waals surface area contributed by atoms with Gasteiger partial charge in [-0.1, -0.05) is 38.1 Å². The van der Waals surface area contributed by atoms with Crippen LogP contribution in [0.3, 0.4) is 0 Å². The van der Waals surface area contributed by atoms with E-state index in [1.807, 2.05) is 26.0 Å². The number of nitrogens with zero attached hydrogens (tertiary/aromatic N) is 6. The zero-order chi connectivity index (χ0) is 25.6. The summed E-state index contributed by atoms with van der Waals surface area (Å²) in [5.74, 6) is 0.837. The van der Waals surface area contributed by atoms with E-state index in [4.69, 9.17) is 0 Å². The molecular formula is C25H22F3N7O. The van der Waals surface area contributed by atoms with Crippen molar-refractivity contribution in [2.24, 2.45) is 7.05 Å². The number of hydrogen-bond donors (Lipinski definition) is 1. The van der Waals surface area contributed by atoms with Crippen LogP contribution in [-0.4, -0.2) is 34.1 Å². The van der Waals surface area contributed by atoms with Crippen molar-refractivity contribution in [2.75, 3.05) is 0 Å². The number of alkyl halides is 3. The Balaban J connectivity index is 1.48. The quantitative estimate of drug-likeness (QED) is 0.381. The van der Waals surface area contributed by atoms with Crippen molar-refractivity contribution in [1.29, 1.82) is 0 Å². The minimum atomic E-state index is -4.51. The van der Waals surface area contributed by atoms with Gasteiger partial charge in [-0.2, -0.15) is 13.2 Å². The molecule has 1 N–H and O–H groups in total. The number of hydrogen-bond acceptors (Lipinski definition) is 5. The van der Waals surface area contributed by atoms with Crippen molar-refractivity contribution in [3.63, 3.8) is 0 Å². The Morgan fingerprint density at radius 3 is 2.47 bits per heavy atom. The Labute approximate surface area is 203 Å². The van der Waals surface area contributed by atoms with Gasteiger partial charge in [0.15, 0.2) is 17.2 Å². The predicted octanol–water partition coefficient (Wildman–Crippen LogP) is 4.77. The second-order valence-electron chi connectivity index (χ2n) is 8.79. The van der Waals surface area contributed by atoms with Crippen LogP contribution in [0.2, 0.25) is 0 Å². The molecule has 0 bridgehead atoms. The molecule has 4 aromatic heterocycles. The fourth-order valence-electron chi connectivity index (χ4n) is 4.10. The number of aryl methyl sites for hydroxylation is 1. The molecule has 0 atom stereocenters. The molecule has 0 saturated carbocycles. The molecule has 0 radical (unpaired) electrons. The molecule has 0 fully saturated rings. The average molecular weight is 493 g/mol. The molecule has 0 aliphatic heterocycles. The minimum absolute atomic E-state index is 0.165. The van der Waals surface area contributed by atoms with E-state index < -0.39 is 11.9 Å². The predicted molar refractivity (Wildman–Crippen MR) is 128 cm³/mol. The molecule has 0 amide bonds. The second-order valence-corrected chi connectivity index (χ2v) is 8.79. The summed E-state index contributed by atoms with van der Waals surface area (Å²) in [6.07, 6.45) is -0.255. The Bertz CT molecular complexity index is 1610. The lowest BCUT2D eigenvalue weighted by molar-refractivity contribution is -0.140. The van der Waals surface area contributed by atoms with Crippen LogP contribution in [0.1, 0.15) is 36.7 Å². The molecule has 0 aliphatic carbocycles. The van der Waals surface area contributed by atoms with Crippen molar-refractivity contribution in [1.82, 2.24) is 34.1 Å². The lowest BCUT2D eigenvalue weighted by atomic mass is 10.0. The molecular weight excluding hydrogens is 471 g/mol. The van der Waals surface area contributed by atoms with E-state index >= 15 is 0 Å². The highest BCUT2D eigenvalue weighted by atomic mass is 19.4. The van der Waals surface area contributed by atoms with Gasteiger partial charge < -0.3 is 9.55 Å². The molecule has 1 aromatic carbocycles. The fraction of sp³-hybridized carbons (Fsp3) is 0.240. The Kier molecular flexibility index (Phi) is 5.70. The van der Waals surface area contributed by atoms with Crippen molar-refractivity contribution in [3.05, 3.63) is 82.4 Å². The highest BCUT2D eigenvalue weighted by Crippen LogP contribution is 2.31. The molecule has 5 aromatic rings. The largest absolute Gasteiger partial charge is 0.434 e. The van der Waals surface area contributed by atoms with Crippen LogP contribution in [0.4, 0.5) is 13.2 Å². The standard InChI is InChI=1S/C25H22F3N7O/c1-14(2)20-17(5-4-10-29-20)21-30-11-18-23(33-21)35(24(36)31-18)12-15-6-8-16(9-7-15)22-32-19(13-34(22)3)25(26,27)28/h4-11,13-14H,12H2,1-3H3,(H,31,36). The maximum Gasteiger partial charge on any atom is 0.434 e. The van der Waals surface area contributed by atoms with Crippen LogP contribution in [-0.2, 0) is 19.8 Å². The van der Waals surface area contributed by atoms with Gasteiger partial charge in [0.2, 0.25) is 0 Å². The zero-order valence-corrected chi connectivity index (χ0v) is 19.7. The molecule has 0 aliphatic rings. The second kappa shape index (κ2) is 8.74. The third kappa shape index (κ3) is 4.28. The molecule has 8 nitrogen and oxygen atoms in total. The highest BCUT2D eigenvalue weighted by molar-refractivity contribution is 5.73. The Morgan fingerprint density at radius 1 is 1.06 bits per heavy atom. The number of pyridine rings is 1. The van der Waals surface area contributed by atoms with E-state index in [1.54, 1.807) is 36.7 Å². The van der Waals surface area contributed by atoms with E-state index in [1.165, 1.54) is 16.2 Å². The molecule has 5 rings (SSSR count). The van der Waals surface area contributed by atoms with Gasteiger partial charge in [-0.15, -0.1) is 0 Å². The molecule has 11 heteroatoms. The molecule has 184 valence electrons. The van der Waals surface area contributed by atoms with Gasteiger partial charge in [0, 0.05) is 30.6 Å². The monoisotopic (exact) mass is 493 g/mol. The van der Waals surface area contributed by atoms with Gasteiger partial charge in [-0.25, -0.2) is 19.7 Å². The average Bonchev–Trinajstić information content (AvgIpc) is 3.39. The normalized spacial score (nSPS) is 12.1. The maximum absolute atomic E-state index is 13.0. The summed E-state index contributed by atoms with van der Waals surface area (Å²) in [7, 11) is 1.52. The zero-order valence-electron chi connectivity index (χ0n) is 19.7.